The maximum absolute atomic E-state index is 11.0. The lowest BCUT2D eigenvalue weighted by Gasteiger charge is -2.25. The van der Waals surface area contributed by atoms with Crippen LogP contribution in [0.15, 0.2) is 24.3 Å². The summed E-state index contributed by atoms with van der Waals surface area (Å²) in [6, 6.07) is 8.37. The van der Waals surface area contributed by atoms with Crippen LogP contribution in [0.5, 0.6) is 0 Å². The molecule has 1 aromatic rings. The van der Waals surface area contributed by atoms with Crippen molar-refractivity contribution < 1.29 is 4.79 Å². The molecule has 0 aliphatic carbocycles. The van der Waals surface area contributed by atoms with E-state index in [-0.39, 0.29) is 18.5 Å². The topological polar surface area (TPSA) is 72.3 Å². The van der Waals surface area contributed by atoms with Gasteiger partial charge in [0.1, 0.15) is 0 Å². The first-order valence-electron chi connectivity index (χ1n) is 5.83. The minimum absolute atomic E-state index is 0.282. The van der Waals surface area contributed by atoms with Crippen LogP contribution in [0.3, 0.4) is 0 Å². The number of primary amides is 1. The Labute approximate surface area is 103 Å². The Kier molecular flexibility index (Phi) is 5.12. The summed E-state index contributed by atoms with van der Waals surface area (Å²) in [7, 11) is 0. The standard InChI is InChI=1S/C13H21N3O/c1-10(2)16(9-13(15)17)8-12-5-3-4-11(6-12)7-14/h3-6,10H,7-9,14H2,1-2H3,(H2,15,17). The van der Waals surface area contributed by atoms with Crippen LogP contribution in [0, 0.1) is 0 Å². The van der Waals surface area contributed by atoms with Crippen LogP contribution >= 0.6 is 0 Å². The minimum atomic E-state index is -0.298. The fourth-order valence-electron chi connectivity index (χ4n) is 1.71. The van der Waals surface area contributed by atoms with Crippen molar-refractivity contribution in [3.63, 3.8) is 0 Å². The first kappa shape index (κ1) is 13.7. The molecule has 0 spiro atoms. The molecule has 0 aliphatic rings. The van der Waals surface area contributed by atoms with Gasteiger partial charge in [0.25, 0.3) is 0 Å². The average Bonchev–Trinajstić information content (AvgIpc) is 2.27. The van der Waals surface area contributed by atoms with E-state index in [1.807, 2.05) is 23.1 Å². The second-order valence-electron chi connectivity index (χ2n) is 4.49. The third-order valence-corrected chi connectivity index (χ3v) is 2.70. The third kappa shape index (κ3) is 4.54. The molecule has 4 heteroatoms. The molecule has 1 aromatic carbocycles. The maximum Gasteiger partial charge on any atom is 0.231 e. The summed E-state index contributed by atoms with van der Waals surface area (Å²) in [5.41, 5.74) is 13.1. The normalized spacial score (nSPS) is 11.1. The van der Waals surface area contributed by atoms with E-state index in [0.717, 1.165) is 11.1 Å². The summed E-state index contributed by atoms with van der Waals surface area (Å²) < 4.78 is 0. The van der Waals surface area contributed by atoms with E-state index in [2.05, 4.69) is 19.9 Å². The summed E-state index contributed by atoms with van der Waals surface area (Å²) in [6.07, 6.45) is 0. The number of hydrogen-bond acceptors (Lipinski definition) is 3. The highest BCUT2D eigenvalue weighted by Gasteiger charge is 2.12. The van der Waals surface area contributed by atoms with Crippen molar-refractivity contribution in [2.45, 2.75) is 33.0 Å². The van der Waals surface area contributed by atoms with Crippen molar-refractivity contribution in [2.24, 2.45) is 11.5 Å². The molecular formula is C13H21N3O. The highest BCUT2D eigenvalue weighted by atomic mass is 16.1. The van der Waals surface area contributed by atoms with Gasteiger partial charge in [-0.3, -0.25) is 9.69 Å². The van der Waals surface area contributed by atoms with E-state index in [0.29, 0.717) is 13.1 Å². The van der Waals surface area contributed by atoms with Crippen LogP contribution in [0.1, 0.15) is 25.0 Å². The molecule has 0 aliphatic heterocycles. The second kappa shape index (κ2) is 6.37. The Morgan fingerprint density at radius 3 is 2.53 bits per heavy atom. The molecule has 0 heterocycles. The van der Waals surface area contributed by atoms with E-state index in [1.165, 1.54) is 0 Å². The molecule has 0 unspecified atom stereocenters. The number of amides is 1. The van der Waals surface area contributed by atoms with E-state index in [1.54, 1.807) is 0 Å². The van der Waals surface area contributed by atoms with Crippen LogP contribution in [-0.2, 0) is 17.9 Å². The predicted octanol–water partition coefficient (Wildman–Crippen LogP) is 0.841. The monoisotopic (exact) mass is 235 g/mol. The largest absolute Gasteiger partial charge is 0.369 e. The van der Waals surface area contributed by atoms with Gasteiger partial charge in [-0.1, -0.05) is 24.3 Å². The summed E-state index contributed by atoms with van der Waals surface area (Å²) >= 11 is 0. The molecule has 1 rings (SSSR count). The molecule has 4 nitrogen and oxygen atoms in total. The smallest absolute Gasteiger partial charge is 0.231 e. The summed E-state index contributed by atoms with van der Waals surface area (Å²) in [5.74, 6) is -0.298. The quantitative estimate of drug-likeness (QED) is 0.767. The predicted molar refractivity (Wildman–Crippen MR) is 69.1 cm³/mol. The highest BCUT2D eigenvalue weighted by molar-refractivity contribution is 5.75. The number of hydrogen-bond donors (Lipinski definition) is 2. The molecule has 0 aromatic heterocycles. The van der Waals surface area contributed by atoms with Gasteiger partial charge >= 0.3 is 0 Å². The minimum Gasteiger partial charge on any atom is -0.369 e. The number of carbonyl (C=O) groups is 1. The molecule has 94 valence electrons. The van der Waals surface area contributed by atoms with Gasteiger partial charge in [0.15, 0.2) is 0 Å². The van der Waals surface area contributed by atoms with E-state index < -0.39 is 0 Å². The first-order valence-corrected chi connectivity index (χ1v) is 5.83. The van der Waals surface area contributed by atoms with Gasteiger partial charge in [0, 0.05) is 19.1 Å². The lowest BCUT2D eigenvalue weighted by atomic mass is 10.1. The lowest BCUT2D eigenvalue weighted by Crippen LogP contribution is -2.37. The fourth-order valence-corrected chi connectivity index (χ4v) is 1.71. The molecule has 0 atom stereocenters. The Bertz CT molecular complexity index is 377. The maximum atomic E-state index is 11.0. The Morgan fingerprint density at radius 1 is 1.35 bits per heavy atom. The Hall–Kier alpha value is -1.39. The van der Waals surface area contributed by atoms with Crippen LogP contribution in [0.4, 0.5) is 0 Å². The number of carbonyl (C=O) groups excluding carboxylic acids is 1. The van der Waals surface area contributed by atoms with Crippen LogP contribution < -0.4 is 11.5 Å². The molecule has 0 saturated heterocycles. The van der Waals surface area contributed by atoms with Crippen LogP contribution in [0.2, 0.25) is 0 Å². The summed E-state index contributed by atoms with van der Waals surface area (Å²) in [6.45, 7) is 5.63. The lowest BCUT2D eigenvalue weighted by molar-refractivity contribution is -0.119. The third-order valence-electron chi connectivity index (χ3n) is 2.70. The van der Waals surface area contributed by atoms with Gasteiger partial charge in [-0.2, -0.15) is 0 Å². The van der Waals surface area contributed by atoms with Crippen molar-refractivity contribution in [3.8, 4) is 0 Å². The van der Waals surface area contributed by atoms with Crippen molar-refractivity contribution in [3.05, 3.63) is 35.4 Å². The molecule has 0 radical (unpaired) electrons. The zero-order valence-corrected chi connectivity index (χ0v) is 10.5. The summed E-state index contributed by atoms with van der Waals surface area (Å²) in [4.78, 5) is 13.0. The van der Waals surface area contributed by atoms with Gasteiger partial charge in [-0.25, -0.2) is 0 Å². The van der Waals surface area contributed by atoms with Gasteiger partial charge in [-0.15, -0.1) is 0 Å². The Balaban J connectivity index is 2.74. The average molecular weight is 235 g/mol. The van der Waals surface area contributed by atoms with Gasteiger partial charge in [-0.05, 0) is 25.0 Å². The Morgan fingerprint density at radius 2 is 2.00 bits per heavy atom. The van der Waals surface area contributed by atoms with Crippen molar-refractivity contribution in [1.82, 2.24) is 4.90 Å². The number of nitrogens with zero attached hydrogens (tertiary/aromatic N) is 1. The SMILES string of the molecule is CC(C)N(CC(N)=O)Cc1cccc(CN)c1. The zero-order chi connectivity index (χ0) is 12.8. The number of nitrogens with two attached hydrogens (primary N) is 2. The number of rotatable bonds is 6. The van der Waals surface area contributed by atoms with Crippen molar-refractivity contribution in [1.29, 1.82) is 0 Å². The van der Waals surface area contributed by atoms with Crippen LogP contribution in [-0.4, -0.2) is 23.4 Å². The van der Waals surface area contributed by atoms with Crippen LogP contribution in [0.25, 0.3) is 0 Å². The number of benzene rings is 1. The molecule has 0 saturated carbocycles. The molecule has 0 fully saturated rings. The molecule has 0 bridgehead atoms. The van der Waals surface area contributed by atoms with E-state index >= 15 is 0 Å². The fraction of sp³-hybridized carbons (Fsp3) is 0.462. The van der Waals surface area contributed by atoms with Crippen molar-refractivity contribution >= 4 is 5.91 Å². The summed E-state index contributed by atoms with van der Waals surface area (Å²) in [5, 5.41) is 0. The highest BCUT2D eigenvalue weighted by Crippen LogP contribution is 2.10. The first-order chi connectivity index (χ1) is 8.02. The molecular weight excluding hydrogens is 214 g/mol. The van der Waals surface area contributed by atoms with E-state index in [4.69, 9.17) is 11.5 Å². The molecule has 4 N–H and O–H groups in total. The van der Waals surface area contributed by atoms with Gasteiger partial charge in [0.05, 0.1) is 6.54 Å². The molecule has 1 amide bonds. The molecule has 17 heavy (non-hydrogen) atoms. The van der Waals surface area contributed by atoms with Crippen molar-refractivity contribution in [2.75, 3.05) is 6.54 Å². The van der Waals surface area contributed by atoms with Gasteiger partial charge in [0.2, 0.25) is 5.91 Å². The van der Waals surface area contributed by atoms with Gasteiger partial charge < -0.3 is 11.5 Å². The second-order valence-corrected chi connectivity index (χ2v) is 4.49. The zero-order valence-electron chi connectivity index (χ0n) is 10.5. The van der Waals surface area contributed by atoms with E-state index in [9.17, 15) is 4.79 Å².